The lowest BCUT2D eigenvalue weighted by Gasteiger charge is -2.31. The summed E-state index contributed by atoms with van der Waals surface area (Å²) >= 11 is 0. The Bertz CT molecular complexity index is 1070. The van der Waals surface area contributed by atoms with Gasteiger partial charge in [0, 0.05) is 36.7 Å². The highest BCUT2D eigenvalue weighted by Crippen LogP contribution is 2.34. The molecule has 1 saturated heterocycles. The van der Waals surface area contributed by atoms with Crippen molar-refractivity contribution in [3.63, 3.8) is 0 Å². The molecule has 31 heavy (non-hydrogen) atoms. The van der Waals surface area contributed by atoms with E-state index in [1.54, 1.807) is 25.3 Å². The molecule has 3 aromatic rings. The number of nitrogens with zero attached hydrogens (tertiary/aromatic N) is 2. The molecule has 0 saturated carbocycles. The van der Waals surface area contributed by atoms with E-state index < -0.39 is 0 Å². The van der Waals surface area contributed by atoms with E-state index in [4.69, 9.17) is 14.2 Å². The first-order valence-corrected chi connectivity index (χ1v) is 10.6. The van der Waals surface area contributed by atoms with E-state index in [-0.39, 0.29) is 12.7 Å². The van der Waals surface area contributed by atoms with Crippen molar-refractivity contribution in [1.29, 1.82) is 0 Å². The Morgan fingerprint density at radius 1 is 1.10 bits per heavy atom. The summed E-state index contributed by atoms with van der Waals surface area (Å²) in [7, 11) is 1.67. The number of H-pyrrole nitrogens is 1. The summed E-state index contributed by atoms with van der Waals surface area (Å²) in [5, 5.41) is 7.73. The van der Waals surface area contributed by atoms with Gasteiger partial charge in [-0.3, -0.25) is 9.89 Å². The summed E-state index contributed by atoms with van der Waals surface area (Å²) in [4.78, 5) is 14.8. The summed E-state index contributed by atoms with van der Waals surface area (Å²) in [5.41, 5.74) is 4.03. The molecule has 3 heterocycles. The van der Waals surface area contributed by atoms with E-state index in [1.807, 2.05) is 17.0 Å². The summed E-state index contributed by atoms with van der Waals surface area (Å²) < 4.78 is 15.9. The van der Waals surface area contributed by atoms with Crippen molar-refractivity contribution in [2.75, 3.05) is 27.0 Å². The predicted octanol–water partition coefficient (Wildman–Crippen LogP) is 3.76. The number of ether oxygens (including phenoxy) is 3. The fourth-order valence-electron chi connectivity index (χ4n) is 4.23. The van der Waals surface area contributed by atoms with E-state index in [0.29, 0.717) is 23.0 Å². The molecule has 2 aromatic carbocycles. The Morgan fingerprint density at radius 3 is 2.65 bits per heavy atom. The number of carbonyl (C=O) groups is 1. The first-order valence-electron chi connectivity index (χ1n) is 10.6. The lowest BCUT2D eigenvalue weighted by molar-refractivity contribution is 0.0711. The van der Waals surface area contributed by atoms with Crippen LogP contribution in [-0.2, 0) is 6.42 Å². The molecule has 0 radical (unpaired) electrons. The monoisotopic (exact) mass is 419 g/mol. The van der Waals surface area contributed by atoms with Gasteiger partial charge in [0.15, 0.2) is 11.5 Å². The fraction of sp³-hybridized carbons (Fsp3) is 0.333. The third-order valence-corrected chi connectivity index (χ3v) is 6.02. The number of piperidine rings is 1. The number of methoxy groups -OCH3 is 1. The average Bonchev–Trinajstić information content (AvgIpc) is 3.48. The van der Waals surface area contributed by atoms with Gasteiger partial charge in [-0.1, -0.05) is 12.1 Å². The number of hydrogen-bond acceptors (Lipinski definition) is 5. The molecular formula is C24H25N3O4. The van der Waals surface area contributed by atoms with Crippen molar-refractivity contribution in [2.45, 2.75) is 25.2 Å². The van der Waals surface area contributed by atoms with E-state index >= 15 is 0 Å². The minimum Gasteiger partial charge on any atom is -0.497 e. The number of aromatic nitrogens is 2. The molecule has 1 fully saturated rings. The van der Waals surface area contributed by atoms with Crippen LogP contribution >= 0.6 is 0 Å². The molecule has 7 nitrogen and oxygen atoms in total. The van der Waals surface area contributed by atoms with Crippen LogP contribution in [0.4, 0.5) is 0 Å². The largest absolute Gasteiger partial charge is 0.497 e. The van der Waals surface area contributed by atoms with E-state index in [2.05, 4.69) is 28.4 Å². The lowest BCUT2D eigenvalue weighted by atomic mass is 9.92. The smallest absolute Gasteiger partial charge is 0.253 e. The lowest BCUT2D eigenvalue weighted by Crippen LogP contribution is -2.38. The number of rotatable bonds is 5. The molecule has 0 atom stereocenters. The van der Waals surface area contributed by atoms with Crippen molar-refractivity contribution >= 4 is 5.91 Å². The van der Waals surface area contributed by atoms with Crippen molar-refractivity contribution < 1.29 is 19.0 Å². The maximum absolute atomic E-state index is 12.9. The third-order valence-electron chi connectivity index (χ3n) is 6.02. The molecule has 0 spiro atoms. The average molecular weight is 419 g/mol. The van der Waals surface area contributed by atoms with E-state index in [0.717, 1.165) is 49.5 Å². The van der Waals surface area contributed by atoms with Gasteiger partial charge in [0.25, 0.3) is 5.91 Å². The van der Waals surface area contributed by atoms with Gasteiger partial charge in [-0.05, 0) is 54.8 Å². The van der Waals surface area contributed by atoms with Gasteiger partial charge in [0.1, 0.15) is 5.75 Å². The van der Waals surface area contributed by atoms with Crippen molar-refractivity contribution in [3.05, 3.63) is 71.0 Å². The normalized spacial score (nSPS) is 15.8. The van der Waals surface area contributed by atoms with Crippen molar-refractivity contribution in [3.8, 4) is 17.2 Å². The molecule has 2 aliphatic heterocycles. The number of benzene rings is 2. The first-order chi connectivity index (χ1) is 15.2. The van der Waals surface area contributed by atoms with Gasteiger partial charge in [-0.2, -0.15) is 5.10 Å². The predicted molar refractivity (Wildman–Crippen MR) is 115 cm³/mol. The molecule has 0 aliphatic carbocycles. The van der Waals surface area contributed by atoms with Crippen LogP contribution < -0.4 is 14.2 Å². The standard InChI is InChI=1S/C24H25N3O4/c1-29-20-5-2-16(3-6-20)12-19-14-21(26-25-19)17-8-10-27(11-9-17)24(28)18-4-7-22-23(13-18)31-15-30-22/h2-7,13-14,17H,8-12,15H2,1H3,(H,25,26). The number of hydrogen-bond donors (Lipinski definition) is 1. The van der Waals surface area contributed by atoms with Crippen LogP contribution in [0.3, 0.4) is 0 Å². The summed E-state index contributed by atoms with van der Waals surface area (Å²) in [5.74, 6) is 2.60. The molecule has 0 bridgehead atoms. The van der Waals surface area contributed by atoms with Crippen LogP contribution in [0.1, 0.15) is 46.1 Å². The van der Waals surface area contributed by atoms with Crippen molar-refractivity contribution in [1.82, 2.24) is 15.1 Å². The zero-order chi connectivity index (χ0) is 21.2. The van der Waals surface area contributed by atoms with E-state index in [9.17, 15) is 4.79 Å². The minimum absolute atomic E-state index is 0.0407. The Kier molecular flexibility index (Phi) is 5.24. The number of amides is 1. The van der Waals surface area contributed by atoms with Crippen molar-refractivity contribution in [2.24, 2.45) is 0 Å². The zero-order valence-corrected chi connectivity index (χ0v) is 17.5. The Morgan fingerprint density at radius 2 is 1.87 bits per heavy atom. The number of aromatic amines is 1. The molecule has 1 aromatic heterocycles. The number of fused-ring (bicyclic) bond motifs is 1. The topological polar surface area (TPSA) is 76.7 Å². The minimum atomic E-state index is 0.0407. The molecule has 1 amide bonds. The second kappa shape index (κ2) is 8.34. The number of nitrogens with one attached hydrogen (secondary N) is 1. The van der Waals surface area contributed by atoms with Crippen LogP contribution in [-0.4, -0.2) is 48.0 Å². The third kappa shape index (κ3) is 4.08. The Labute approximate surface area is 180 Å². The Balaban J connectivity index is 1.18. The quantitative estimate of drug-likeness (QED) is 0.682. The van der Waals surface area contributed by atoms with Gasteiger partial charge in [0.2, 0.25) is 6.79 Å². The van der Waals surface area contributed by atoms with Gasteiger partial charge < -0.3 is 19.1 Å². The van der Waals surface area contributed by atoms with Gasteiger partial charge in [0.05, 0.1) is 12.8 Å². The number of carbonyl (C=O) groups excluding carboxylic acids is 1. The van der Waals surface area contributed by atoms with Crippen LogP contribution in [0, 0.1) is 0 Å². The fourth-order valence-corrected chi connectivity index (χ4v) is 4.23. The Hall–Kier alpha value is -3.48. The van der Waals surface area contributed by atoms with Gasteiger partial charge in [-0.15, -0.1) is 0 Å². The van der Waals surface area contributed by atoms with Crippen LogP contribution in [0.15, 0.2) is 48.5 Å². The second-order valence-electron chi connectivity index (χ2n) is 7.98. The highest BCUT2D eigenvalue weighted by atomic mass is 16.7. The molecule has 0 unspecified atom stereocenters. The highest BCUT2D eigenvalue weighted by Gasteiger charge is 2.27. The molecule has 160 valence electrons. The van der Waals surface area contributed by atoms with Gasteiger partial charge >= 0.3 is 0 Å². The first kappa shape index (κ1) is 19.5. The molecule has 2 aliphatic rings. The van der Waals surface area contributed by atoms with Crippen LogP contribution in [0.5, 0.6) is 17.2 Å². The van der Waals surface area contributed by atoms with Crippen LogP contribution in [0.2, 0.25) is 0 Å². The molecule has 1 N–H and O–H groups in total. The zero-order valence-electron chi connectivity index (χ0n) is 17.5. The molecule has 7 heteroatoms. The number of likely N-dealkylation sites (tertiary alicyclic amines) is 1. The SMILES string of the molecule is COc1ccc(Cc2cc(C3CCN(C(=O)c4ccc5c(c4)OCO5)CC3)n[nH]2)cc1. The second-order valence-corrected chi connectivity index (χ2v) is 7.98. The maximum Gasteiger partial charge on any atom is 0.253 e. The summed E-state index contributed by atoms with van der Waals surface area (Å²) in [6.45, 7) is 1.65. The maximum atomic E-state index is 12.9. The molecular weight excluding hydrogens is 394 g/mol. The van der Waals surface area contributed by atoms with Crippen LogP contribution in [0.25, 0.3) is 0 Å². The van der Waals surface area contributed by atoms with E-state index in [1.165, 1.54) is 5.56 Å². The highest BCUT2D eigenvalue weighted by molar-refractivity contribution is 5.95. The summed E-state index contributed by atoms with van der Waals surface area (Å²) in [6, 6.07) is 15.6. The van der Waals surface area contributed by atoms with Gasteiger partial charge in [-0.25, -0.2) is 0 Å². The summed E-state index contributed by atoms with van der Waals surface area (Å²) in [6.07, 6.45) is 2.62. The molecule has 5 rings (SSSR count).